The summed E-state index contributed by atoms with van der Waals surface area (Å²) < 4.78 is 16.3. The third kappa shape index (κ3) is 5.86. The number of hydrogen-bond acceptors (Lipinski definition) is 5. The van der Waals surface area contributed by atoms with Crippen LogP contribution in [0.2, 0.25) is 6.04 Å². The predicted octanol–water partition coefficient (Wildman–Crippen LogP) is 3.54. The monoisotopic (exact) mass is 360 g/mol. The van der Waals surface area contributed by atoms with E-state index in [0.29, 0.717) is 0 Å². The second-order valence-corrected chi connectivity index (χ2v) is 9.03. The van der Waals surface area contributed by atoms with Gasteiger partial charge in [0.05, 0.1) is 0 Å². The lowest BCUT2D eigenvalue weighted by Crippen LogP contribution is -2.42. The molecule has 0 fully saturated rings. The molecule has 0 saturated heterocycles. The fraction of sp³-hybridized carbons (Fsp3) is 0.368. The Kier molecular flexibility index (Phi) is 7.45. The highest BCUT2D eigenvalue weighted by atomic mass is 28.4. The van der Waals surface area contributed by atoms with E-state index >= 15 is 0 Å². The minimum atomic E-state index is -2.46. The second-order valence-electron chi connectivity index (χ2n) is 5.94. The van der Waals surface area contributed by atoms with E-state index in [0.717, 1.165) is 36.8 Å². The van der Waals surface area contributed by atoms with Gasteiger partial charge in [0.25, 0.3) is 0 Å². The molecule has 5 nitrogen and oxygen atoms in total. The number of nitrogen functional groups attached to an aromatic ring is 1. The number of rotatable bonds is 10. The average molecular weight is 361 g/mol. The molecule has 0 spiro atoms. The van der Waals surface area contributed by atoms with Crippen LogP contribution in [0.3, 0.4) is 0 Å². The molecule has 2 aromatic carbocycles. The van der Waals surface area contributed by atoms with Gasteiger partial charge >= 0.3 is 8.80 Å². The maximum atomic E-state index is 5.72. The summed E-state index contributed by atoms with van der Waals surface area (Å²) in [5, 5.41) is 3.43. The maximum absolute atomic E-state index is 5.72. The van der Waals surface area contributed by atoms with Gasteiger partial charge < -0.3 is 24.3 Å². The number of nitrogens with two attached hydrogens (primary N) is 1. The van der Waals surface area contributed by atoms with E-state index in [-0.39, 0.29) is 0 Å². The molecule has 2 rings (SSSR count). The van der Waals surface area contributed by atoms with Gasteiger partial charge in [0.1, 0.15) is 0 Å². The molecule has 0 radical (unpaired) electrons. The third-order valence-electron chi connectivity index (χ3n) is 4.26. The largest absolute Gasteiger partial charge is 0.500 e. The van der Waals surface area contributed by atoms with Crippen molar-refractivity contribution in [1.82, 2.24) is 0 Å². The molecule has 0 aliphatic carbocycles. The van der Waals surface area contributed by atoms with Gasteiger partial charge in [-0.05, 0) is 48.2 Å². The summed E-state index contributed by atoms with van der Waals surface area (Å²) in [7, 11) is 2.48. The van der Waals surface area contributed by atoms with Crippen LogP contribution in [0, 0.1) is 0 Å². The van der Waals surface area contributed by atoms with Gasteiger partial charge in [-0.15, -0.1) is 0 Å². The summed E-state index contributed by atoms with van der Waals surface area (Å²) in [6.07, 6.45) is 1.83. The molecule has 0 aliphatic rings. The Hall–Kier alpha value is -1.86. The Balaban J connectivity index is 1.79. The Morgan fingerprint density at radius 2 is 1.36 bits per heavy atom. The highest BCUT2D eigenvalue weighted by molar-refractivity contribution is 6.60. The highest BCUT2D eigenvalue weighted by Gasteiger charge is 2.36. The second kappa shape index (κ2) is 9.58. The molecular weight excluding hydrogens is 332 g/mol. The SMILES string of the molecule is CO[Si](CCCNc1ccc(Cc2ccc(N)cc2)cc1)(OC)OC. The van der Waals surface area contributed by atoms with Gasteiger partial charge in [-0.3, -0.25) is 0 Å². The predicted molar refractivity (Wildman–Crippen MR) is 105 cm³/mol. The molecule has 0 atom stereocenters. The molecule has 0 amide bonds. The Labute approximate surface area is 151 Å². The lowest BCUT2D eigenvalue weighted by atomic mass is 10.0. The quantitative estimate of drug-likeness (QED) is 0.385. The molecule has 0 aromatic heterocycles. The van der Waals surface area contributed by atoms with E-state index in [1.165, 1.54) is 11.1 Å². The first-order valence-electron chi connectivity index (χ1n) is 8.43. The smallest absolute Gasteiger partial charge is 0.399 e. The van der Waals surface area contributed by atoms with Crippen LogP contribution in [0.4, 0.5) is 11.4 Å². The summed E-state index contributed by atoms with van der Waals surface area (Å²) in [6, 6.07) is 17.3. The van der Waals surface area contributed by atoms with E-state index in [2.05, 4.69) is 41.7 Å². The van der Waals surface area contributed by atoms with Crippen LogP contribution in [-0.2, 0) is 19.7 Å². The lowest BCUT2D eigenvalue weighted by molar-refractivity contribution is 0.123. The van der Waals surface area contributed by atoms with Crippen molar-refractivity contribution in [2.75, 3.05) is 38.9 Å². The van der Waals surface area contributed by atoms with Crippen LogP contribution >= 0.6 is 0 Å². The van der Waals surface area contributed by atoms with Crippen molar-refractivity contribution < 1.29 is 13.3 Å². The molecule has 25 heavy (non-hydrogen) atoms. The van der Waals surface area contributed by atoms with Gasteiger partial charge in [0, 0.05) is 45.3 Å². The maximum Gasteiger partial charge on any atom is 0.500 e. The Bertz CT molecular complexity index is 620. The lowest BCUT2D eigenvalue weighted by Gasteiger charge is -2.24. The molecule has 0 heterocycles. The van der Waals surface area contributed by atoms with E-state index in [4.69, 9.17) is 19.0 Å². The van der Waals surface area contributed by atoms with Gasteiger partial charge in [0.15, 0.2) is 0 Å². The average Bonchev–Trinajstić information content (AvgIpc) is 2.66. The summed E-state index contributed by atoms with van der Waals surface area (Å²) in [5.41, 5.74) is 10.2. The Morgan fingerprint density at radius 3 is 1.88 bits per heavy atom. The van der Waals surface area contributed by atoms with Gasteiger partial charge in [-0.2, -0.15) is 0 Å². The van der Waals surface area contributed by atoms with Gasteiger partial charge in [-0.25, -0.2) is 0 Å². The zero-order chi connectivity index (χ0) is 18.1. The minimum absolute atomic E-state index is 0.790. The standard InChI is InChI=1S/C19H28N2O3Si/c1-22-25(23-2,24-3)14-4-13-21-19-11-7-17(8-12-19)15-16-5-9-18(20)10-6-16/h5-12,21H,4,13-15,20H2,1-3H3. The van der Waals surface area contributed by atoms with Crippen LogP contribution in [0.25, 0.3) is 0 Å². The van der Waals surface area contributed by atoms with Crippen molar-refractivity contribution in [2.45, 2.75) is 18.9 Å². The van der Waals surface area contributed by atoms with Crippen molar-refractivity contribution in [3.05, 3.63) is 59.7 Å². The van der Waals surface area contributed by atoms with Crippen molar-refractivity contribution >= 4 is 20.2 Å². The first kappa shape index (κ1) is 19.5. The molecule has 0 saturated carbocycles. The normalized spacial score (nSPS) is 11.5. The molecule has 6 heteroatoms. The van der Waals surface area contributed by atoms with E-state index < -0.39 is 8.80 Å². The zero-order valence-corrected chi connectivity index (χ0v) is 16.2. The molecule has 3 N–H and O–H groups in total. The fourth-order valence-electron chi connectivity index (χ4n) is 2.71. The van der Waals surface area contributed by atoms with Crippen molar-refractivity contribution in [3.8, 4) is 0 Å². The third-order valence-corrected chi connectivity index (χ3v) is 7.10. The highest BCUT2D eigenvalue weighted by Crippen LogP contribution is 2.17. The molecule has 0 unspecified atom stereocenters. The van der Waals surface area contributed by atoms with Gasteiger partial charge in [0.2, 0.25) is 0 Å². The van der Waals surface area contributed by atoms with Crippen LogP contribution in [0.1, 0.15) is 17.5 Å². The number of anilines is 2. The van der Waals surface area contributed by atoms with Crippen molar-refractivity contribution in [2.24, 2.45) is 0 Å². The minimum Gasteiger partial charge on any atom is -0.399 e. The fourth-order valence-corrected chi connectivity index (χ4v) is 4.43. The van der Waals surface area contributed by atoms with Crippen LogP contribution in [0.5, 0.6) is 0 Å². The molecule has 2 aromatic rings. The number of hydrogen-bond donors (Lipinski definition) is 2. The van der Waals surface area contributed by atoms with Crippen LogP contribution < -0.4 is 11.1 Å². The van der Waals surface area contributed by atoms with Crippen molar-refractivity contribution in [1.29, 1.82) is 0 Å². The molecule has 136 valence electrons. The summed E-state index contributed by atoms with van der Waals surface area (Å²) in [5.74, 6) is 0. The van der Waals surface area contributed by atoms with E-state index in [9.17, 15) is 0 Å². The Morgan fingerprint density at radius 1 is 0.840 bits per heavy atom. The first-order valence-corrected chi connectivity index (χ1v) is 10.4. The number of nitrogens with one attached hydrogen (secondary N) is 1. The summed E-state index contributed by atoms with van der Waals surface area (Å²) >= 11 is 0. The van der Waals surface area contributed by atoms with Crippen molar-refractivity contribution in [3.63, 3.8) is 0 Å². The van der Waals surface area contributed by atoms with E-state index in [1.54, 1.807) is 21.3 Å². The van der Waals surface area contributed by atoms with Crippen LogP contribution in [0.15, 0.2) is 48.5 Å². The molecular formula is C19H28N2O3Si. The zero-order valence-electron chi connectivity index (χ0n) is 15.2. The number of benzene rings is 2. The molecule has 0 bridgehead atoms. The van der Waals surface area contributed by atoms with Gasteiger partial charge in [-0.1, -0.05) is 24.3 Å². The summed E-state index contributed by atoms with van der Waals surface area (Å²) in [4.78, 5) is 0. The van der Waals surface area contributed by atoms with E-state index in [1.807, 2.05) is 12.1 Å². The molecule has 0 aliphatic heterocycles. The topological polar surface area (TPSA) is 65.7 Å². The van der Waals surface area contributed by atoms with Crippen LogP contribution in [-0.4, -0.2) is 36.7 Å². The first-order chi connectivity index (χ1) is 12.1. The summed E-state index contributed by atoms with van der Waals surface area (Å²) in [6.45, 7) is 0.849.